The number of ether oxygens (including phenoxy) is 2. The SMILES string of the molecule is COc1cc(C#N)ccc1Oc1ccc([C@H](C)N)cc1F. The highest BCUT2D eigenvalue weighted by Crippen LogP contribution is 2.33. The summed E-state index contributed by atoms with van der Waals surface area (Å²) in [6.07, 6.45) is 0. The van der Waals surface area contributed by atoms with Crippen molar-refractivity contribution < 1.29 is 13.9 Å². The molecule has 0 heterocycles. The largest absolute Gasteiger partial charge is 0.493 e. The molecule has 4 nitrogen and oxygen atoms in total. The van der Waals surface area contributed by atoms with Gasteiger partial charge in [0.25, 0.3) is 0 Å². The molecule has 2 N–H and O–H groups in total. The lowest BCUT2D eigenvalue weighted by Crippen LogP contribution is -2.05. The van der Waals surface area contributed by atoms with Gasteiger partial charge in [-0.25, -0.2) is 4.39 Å². The van der Waals surface area contributed by atoms with Crippen LogP contribution in [0.4, 0.5) is 4.39 Å². The summed E-state index contributed by atoms with van der Waals surface area (Å²) in [5.41, 5.74) is 6.83. The summed E-state index contributed by atoms with van der Waals surface area (Å²) < 4.78 is 24.7. The van der Waals surface area contributed by atoms with Crippen molar-refractivity contribution in [2.24, 2.45) is 5.73 Å². The van der Waals surface area contributed by atoms with Crippen LogP contribution in [0.15, 0.2) is 36.4 Å². The zero-order valence-corrected chi connectivity index (χ0v) is 11.8. The van der Waals surface area contributed by atoms with Crippen molar-refractivity contribution in [1.29, 1.82) is 5.26 Å². The fourth-order valence-corrected chi connectivity index (χ4v) is 1.82. The van der Waals surface area contributed by atoms with E-state index in [1.54, 1.807) is 25.1 Å². The third-order valence-electron chi connectivity index (χ3n) is 2.99. The first-order valence-corrected chi connectivity index (χ1v) is 6.36. The molecule has 0 unspecified atom stereocenters. The molecule has 2 aromatic carbocycles. The minimum Gasteiger partial charge on any atom is -0.493 e. The highest BCUT2D eigenvalue weighted by molar-refractivity contribution is 5.48. The molecular formula is C16H15FN2O2. The third kappa shape index (κ3) is 3.30. The molecule has 2 aromatic rings. The van der Waals surface area contributed by atoms with E-state index < -0.39 is 5.82 Å². The van der Waals surface area contributed by atoms with E-state index in [9.17, 15) is 4.39 Å². The van der Waals surface area contributed by atoms with E-state index in [-0.39, 0.29) is 11.8 Å². The molecule has 0 aliphatic rings. The first-order valence-electron chi connectivity index (χ1n) is 6.36. The van der Waals surface area contributed by atoms with Crippen molar-refractivity contribution in [1.82, 2.24) is 0 Å². The maximum absolute atomic E-state index is 14.0. The minimum atomic E-state index is -0.504. The van der Waals surface area contributed by atoms with Crippen LogP contribution in [0.25, 0.3) is 0 Å². The Kier molecular flexibility index (Phi) is 4.41. The van der Waals surface area contributed by atoms with E-state index in [0.29, 0.717) is 22.6 Å². The molecule has 108 valence electrons. The Labute approximate surface area is 122 Å². The van der Waals surface area contributed by atoms with Crippen LogP contribution in [0.1, 0.15) is 24.1 Å². The number of rotatable bonds is 4. The highest BCUT2D eigenvalue weighted by atomic mass is 19.1. The van der Waals surface area contributed by atoms with Gasteiger partial charge in [-0.1, -0.05) is 6.07 Å². The van der Waals surface area contributed by atoms with Crippen molar-refractivity contribution in [2.75, 3.05) is 7.11 Å². The maximum atomic E-state index is 14.0. The van der Waals surface area contributed by atoms with Crippen molar-refractivity contribution >= 4 is 0 Å². The fraction of sp³-hybridized carbons (Fsp3) is 0.188. The van der Waals surface area contributed by atoms with Crippen LogP contribution in [-0.2, 0) is 0 Å². The first kappa shape index (κ1) is 14.8. The molecule has 0 saturated carbocycles. The maximum Gasteiger partial charge on any atom is 0.169 e. The van der Waals surface area contributed by atoms with Gasteiger partial charge in [-0.15, -0.1) is 0 Å². The van der Waals surface area contributed by atoms with Crippen LogP contribution >= 0.6 is 0 Å². The Morgan fingerprint density at radius 3 is 2.43 bits per heavy atom. The van der Waals surface area contributed by atoms with Gasteiger partial charge in [-0.3, -0.25) is 0 Å². The Morgan fingerprint density at radius 1 is 1.14 bits per heavy atom. The van der Waals surface area contributed by atoms with E-state index >= 15 is 0 Å². The van der Waals surface area contributed by atoms with Gasteiger partial charge in [0.05, 0.1) is 18.7 Å². The zero-order chi connectivity index (χ0) is 15.4. The van der Waals surface area contributed by atoms with Crippen molar-refractivity contribution in [2.45, 2.75) is 13.0 Å². The summed E-state index contributed by atoms with van der Waals surface area (Å²) in [6, 6.07) is 11.0. The third-order valence-corrected chi connectivity index (χ3v) is 2.99. The van der Waals surface area contributed by atoms with E-state index in [1.807, 2.05) is 6.07 Å². The highest BCUT2D eigenvalue weighted by Gasteiger charge is 2.12. The molecule has 0 spiro atoms. The second-order valence-electron chi connectivity index (χ2n) is 4.56. The summed E-state index contributed by atoms with van der Waals surface area (Å²) in [4.78, 5) is 0. The Hall–Kier alpha value is -2.58. The average Bonchev–Trinajstić information content (AvgIpc) is 2.49. The van der Waals surface area contributed by atoms with Gasteiger partial charge in [0.1, 0.15) is 0 Å². The predicted molar refractivity (Wildman–Crippen MR) is 76.8 cm³/mol. The number of hydrogen-bond acceptors (Lipinski definition) is 4. The molecule has 0 aromatic heterocycles. The number of nitrogens with zero attached hydrogens (tertiary/aromatic N) is 1. The smallest absolute Gasteiger partial charge is 0.169 e. The fourth-order valence-electron chi connectivity index (χ4n) is 1.82. The molecule has 1 atom stereocenters. The standard InChI is InChI=1S/C16H15FN2O2/c1-10(19)12-4-6-14(13(17)8-12)21-15-5-3-11(9-18)7-16(15)20-2/h3-8,10H,19H2,1-2H3/t10-/m0/s1. The molecular weight excluding hydrogens is 271 g/mol. The first-order chi connectivity index (χ1) is 10.0. The lowest BCUT2D eigenvalue weighted by atomic mass is 10.1. The van der Waals surface area contributed by atoms with Crippen molar-refractivity contribution in [3.05, 3.63) is 53.3 Å². The average molecular weight is 286 g/mol. The summed E-state index contributed by atoms with van der Waals surface area (Å²) in [5.74, 6) is 0.271. The van der Waals surface area contributed by atoms with Crippen molar-refractivity contribution in [3.8, 4) is 23.3 Å². The van der Waals surface area contributed by atoms with E-state index in [0.717, 1.165) is 0 Å². The number of benzene rings is 2. The molecule has 0 radical (unpaired) electrons. The molecule has 0 aliphatic heterocycles. The number of nitrogens with two attached hydrogens (primary N) is 1. The van der Waals surface area contributed by atoms with Gasteiger partial charge in [0, 0.05) is 12.1 Å². The monoisotopic (exact) mass is 286 g/mol. The van der Waals surface area contributed by atoms with Crippen LogP contribution in [0.3, 0.4) is 0 Å². The molecule has 21 heavy (non-hydrogen) atoms. The molecule has 0 saturated heterocycles. The van der Waals surface area contributed by atoms with Gasteiger partial charge < -0.3 is 15.2 Å². The van der Waals surface area contributed by atoms with Gasteiger partial charge in [0.15, 0.2) is 23.1 Å². The molecule has 0 amide bonds. The normalized spacial score (nSPS) is 11.6. The van der Waals surface area contributed by atoms with Crippen LogP contribution in [-0.4, -0.2) is 7.11 Å². The lowest BCUT2D eigenvalue weighted by molar-refractivity contribution is 0.370. The van der Waals surface area contributed by atoms with Crippen LogP contribution in [0.2, 0.25) is 0 Å². The predicted octanol–water partition coefficient (Wildman–Crippen LogP) is 3.52. The second kappa shape index (κ2) is 6.25. The number of methoxy groups -OCH3 is 1. The second-order valence-corrected chi connectivity index (χ2v) is 4.56. The quantitative estimate of drug-likeness (QED) is 0.933. The van der Waals surface area contributed by atoms with E-state index in [4.69, 9.17) is 20.5 Å². The summed E-state index contributed by atoms with van der Waals surface area (Å²) in [6.45, 7) is 1.78. The molecule has 2 rings (SSSR count). The van der Waals surface area contributed by atoms with E-state index in [2.05, 4.69) is 0 Å². The zero-order valence-electron chi connectivity index (χ0n) is 11.8. The van der Waals surface area contributed by atoms with Gasteiger partial charge in [-0.05, 0) is 36.8 Å². The van der Waals surface area contributed by atoms with E-state index in [1.165, 1.54) is 25.3 Å². The van der Waals surface area contributed by atoms with Crippen LogP contribution < -0.4 is 15.2 Å². The Bertz CT molecular complexity index is 693. The summed E-state index contributed by atoms with van der Waals surface area (Å²) in [5, 5.41) is 8.85. The summed E-state index contributed by atoms with van der Waals surface area (Å²) in [7, 11) is 1.46. The molecule has 0 bridgehead atoms. The van der Waals surface area contributed by atoms with Crippen molar-refractivity contribution in [3.63, 3.8) is 0 Å². The lowest BCUT2D eigenvalue weighted by Gasteiger charge is -2.12. The minimum absolute atomic E-state index is 0.0717. The van der Waals surface area contributed by atoms with Gasteiger partial charge >= 0.3 is 0 Å². The van der Waals surface area contributed by atoms with Gasteiger partial charge in [-0.2, -0.15) is 5.26 Å². The van der Waals surface area contributed by atoms with Crippen LogP contribution in [0, 0.1) is 17.1 Å². The topological polar surface area (TPSA) is 68.3 Å². The molecule has 0 fully saturated rings. The summed E-state index contributed by atoms with van der Waals surface area (Å²) >= 11 is 0. The van der Waals surface area contributed by atoms with Crippen LogP contribution in [0.5, 0.6) is 17.2 Å². The molecule has 0 aliphatic carbocycles. The number of hydrogen-bond donors (Lipinski definition) is 1. The molecule has 5 heteroatoms. The number of halogens is 1. The Morgan fingerprint density at radius 2 is 1.86 bits per heavy atom. The van der Waals surface area contributed by atoms with Gasteiger partial charge in [0.2, 0.25) is 0 Å². The number of nitriles is 1. The Balaban J connectivity index is 2.32.